The van der Waals surface area contributed by atoms with Crippen LogP contribution in [0.3, 0.4) is 0 Å². The number of thioether (sulfide) groups is 1. The van der Waals surface area contributed by atoms with E-state index in [0.29, 0.717) is 0 Å². The summed E-state index contributed by atoms with van der Waals surface area (Å²) in [5.41, 5.74) is 2.27. The van der Waals surface area contributed by atoms with Crippen LogP contribution in [0.2, 0.25) is 0 Å². The van der Waals surface area contributed by atoms with Gasteiger partial charge in [0.1, 0.15) is 0 Å². The van der Waals surface area contributed by atoms with Crippen molar-refractivity contribution in [1.82, 2.24) is 10.2 Å². The minimum absolute atomic E-state index is 0.792. The van der Waals surface area contributed by atoms with E-state index in [4.69, 9.17) is 4.74 Å². The molecule has 4 nitrogen and oxygen atoms in total. The van der Waals surface area contributed by atoms with Crippen LogP contribution in [0.15, 0.2) is 28.6 Å². The molecule has 1 heterocycles. The van der Waals surface area contributed by atoms with Crippen LogP contribution in [-0.4, -0.2) is 29.7 Å². The molecule has 0 radical (unpaired) electrons. The molecule has 6 heteroatoms. The number of ether oxygens (including phenoxy) is 1. The van der Waals surface area contributed by atoms with Gasteiger partial charge < -0.3 is 10.1 Å². The van der Waals surface area contributed by atoms with Crippen LogP contribution in [0.25, 0.3) is 0 Å². The second kappa shape index (κ2) is 7.47. The number of hydrogen-bond acceptors (Lipinski definition) is 6. The maximum atomic E-state index is 5.02. The zero-order valence-electron chi connectivity index (χ0n) is 11.0. The molecule has 19 heavy (non-hydrogen) atoms. The highest BCUT2D eigenvalue weighted by molar-refractivity contribution is 8.01. The number of aromatic nitrogens is 2. The number of rotatable bonds is 7. The molecule has 2 rings (SSSR count). The molecule has 1 N–H and O–H groups in total. The molecule has 0 unspecified atom stereocenters. The fourth-order valence-electron chi connectivity index (χ4n) is 1.53. The van der Waals surface area contributed by atoms with E-state index in [0.717, 1.165) is 33.9 Å². The Morgan fingerprint density at radius 3 is 3.05 bits per heavy atom. The van der Waals surface area contributed by atoms with Gasteiger partial charge in [-0.25, -0.2) is 0 Å². The molecule has 0 fully saturated rings. The predicted octanol–water partition coefficient (Wildman–Crippen LogP) is 3.72. The average molecular weight is 295 g/mol. The van der Waals surface area contributed by atoms with Gasteiger partial charge in [0.25, 0.3) is 0 Å². The number of methoxy groups -OCH3 is 1. The van der Waals surface area contributed by atoms with Gasteiger partial charge in [0, 0.05) is 25.2 Å². The molecule has 0 spiro atoms. The second-order valence-electron chi connectivity index (χ2n) is 4.06. The largest absolute Gasteiger partial charge is 0.385 e. The summed E-state index contributed by atoms with van der Waals surface area (Å²) in [7, 11) is 1.72. The summed E-state index contributed by atoms with van der Waals surface area (Å²) >= 11 is 3.30. The van der Waals surface area contributed by atoms with Crippen molar-refractivity contribution in [2.75, 3.05) is 24.8 Å². The second-order valence-corrected chi connectivity index (χ2v) is 6.38. The van der Waals surface area contributed by atoms with Gasteiger partial charge in [-0.05, 0) is 31.0 Å². The van der Waals surface area contributed by atoms with E-state index in [1.807, 2.05) is 12.1 Å². The fourth-order valence-corrected chi connectivity index (χ4v) is 3.28. The van der Waals surface area contributed by atoms with E-state index >= 15 is 0 Å². The molecular formula is C13H17N3OS2. The summed E-state index contributed by atoms with van der Waals surface area (Å²) in [6.07, 6.45) is 1.03. The third-order valence-electron chi connectivity index (χ3n) is 2.39. The number of benzene rings is 1. The molecule has 0 saturated heterocycles. The maximum Gasteiger partial charge on any atom is 0.210 e. The molecule has 0 amide bonds. The summed E-state index contributed by atoms with van der Waals surface area (Å²) in [5, 5.41) is 12.4. The average Bonchev–Trinajstić information content (AvgIpc) is 2.82. The Labute approximate surface area is 121 Å². The lowest BCUT2D eigenvalue weighted by molar-refractivity contribution is 0.200. The van der Waals surface area contributed by atoms with Gasteiger partial charge in [0.15, 0.2) is 4.34 Å². The first-order valence-electron chi connectivity index (χ1n) is 6.07. The van der Waals surface area contributed by atoms with Crippen molar-refractivity contribution in [3.8, 4) is 0 Å². The Balaban J connectivity index is 1.87. The lowest BCUT2D eigenvalue weighted by Crippen LogP contribution is -1.89. The van der Waals surface area contributed by atoms with Crippen LogP contribution in [-0.2, 0) is 4.74 Å². The molecule has 0 atom stereocenters. The van der Waals surface area contributed by atoms with Crippen molar-refractivity contribution in [3.63, 3.8) is 0 Å². The number of nitrogens with zero attached hydrogens (tertiary/aromatic N) is 2. The molecule has 0 aliphatic carbocycles. The Hall–Kier alpha value is -1.11. The van der Waals surface area contributed by atoms with Crippen LogP contribution in [0.4, 0.5) is 10.8 Å². The van der Waals surface area contributed by atoms with Crippen LogP contribution >= 0.6 is 23.1 Å². The van der Waals surface area contributed by atoms with Crippen molar-refractivity contribution in [2.24, 2.45) is 0 Å². The van der Waals surface area contributed by atoms with Crippen molar-refractivity contribution < 1.29 is 4.74 Å². The SMILES string of the molecule is COCCCSc1nnc(Nc2cccc(C)c2)s1. The molecule has 0 saturated carbocycles. The molecule has 0 aliphatic heterocycles. The summed E-state index contributed by atoms with van der Waals surface area (Å²) < 4.78 is 6.01. The quantitative estimate of drug-likeness (QED) is 0.623. The highest BCUT2D eigenvalue weighted by Crippen LogP contribution is 2.28. The first-order chi connectivity index (χ1) is 9.28. The lowest BCUT2D eigenvalue weighted by Gasteiger charge is -2.01. The lowest BCUT2D eigenvalue weighted by atomic mass is 10.2. The monoisotopic (exact) mass is 295 g/mol. The zero-order chi connectivity index (χ0) is 13.5. The van der Waals surface area contributed by atoms with Crippen molar-refractivity contribution in [2.45, 2.75) is 17.7 Å². The fraction of sp³-hybridized carbons (Fsp3) is 0.385. The Kier molecular flexibility index (Phi) is 5.62. The Morgan fingerprint density at radius 1 is 1.37 bits per heavy atom. The van der Waals surface area contributed by atoms with E-state index in [-0.39, 0.29) is 0 Å². The van der Waals surface area contributed by atoms with Crippen LogP contribution in [0, 0.1) is 6.92 Å². The highest BCUT2D eigenvalue weighted by Gasteiger charge is 2.05. The molecule has 1 aromatic heterocycles. The molecule has 102 valence electrons. The highest BCUT2D eigenvalue weighted by atomic mass is 32.2. The van der Waals surface area contributed by atoms with Gasteiger partial charge in [-0.3, -0.25) is 0 Å². The molecular weight excluding hydrogens is 278 g/mol. The summed E-state index contributed by atoms with van der Waals surface area (Å²) in [5.74, 6) is 1.01. The van der Waals surface area contributed by atoms with Gasteiger partial charge in [0.2, 0.25) is 5.13 Å². The number of nitrogens with one attached hydrogen (secondary N) is 1. The minimum atomic E-state index is 0.792. The van der Waals surface area contributed by atoms with Crippen LogP contribution in [0.5, 0.6) is 0 Å². The first-order valence-corrected chi connectivity index (χ1v) is 7.87. The van der Waals surface area contributed by atoms with Crippen molar-refractivity contribution >= 4 is 33.9 Å². The first kappa shape index (κ1) is 14.3. The number of hydrogen-bond donors (Lipinski definition) is 1. The summed E-state index contributed by atoms with van der Waals surface area (Å²) in [4.78, 5) is 0. The topological polar surface area (TPSA) is 47.0 Å². The van der Waals surface area contributed by atoms with Gasteiger partial charge in [-0.15, -0.1) is 10.2 Å². The third kappa shape index (κ3) is 4.81. The zero-order valence-corrected chi connectivity index (χ0v) is 12.7. The van der Waals surface area contributed by atoms with Crippen molar-refractivity contribution in [1.29, 1.82) is 0 Å². The molecule has 1 aromatic carbocycles. The van der Waals surface area contributed by atoms with Gasteiger partial charge in [-0.1, -0.05) is 35.2 Å². The smallest absolute Gasteiger partial charge is 0.210 e. The third-order valence-corrected chi connectivity index (χ3v) is 4.45. The molecule has 0 bridgehead atoms. The molecule has 0 aliphatic rings. The van der Waals surface area contributed by atoms with E-state index < -0.39 is 0 Å². The predicted molar refractivity (Wildman–Crippen MR) is 81.6 cm³/mol. The van der Waals surface area contributed by atoms with E-state index in [1.54, 1.807) is 30.2 Å². The summed E-state index contributed by atoms with van der Waals surface area (Å²) in [6.45, 7) is 2.86. The molecule has 2 aromatic rings. The Bertz CT molecular complexity index is 516. The maximum absolute atomic E-state index is 5.02. The number of aryl methyl sites for hydroxylation is 1. The van der Waals surface area contributed by atoms with Crippen LogP contribution in [0.1, 0.15) is 12.0 Å². The van der Waals surface area contributed by atoms with Crippen LogP contribution < -0.4 is 5.32 Å². The van der Waals surface area contributed by atoms with Gasteiger partial charge >= 0.3 is 0 Å². The van der Waals surface area contributed by atoms with Gasteiger partial charge in [0.05, 0.1) is 0 Å². The number of anilines is 2. The van der Waals surface area contributed by atoms with Crippen molar-refractivity contribution in [3.05, 3.63) is 29.8 Å². The van der Waals surface area contributed by atoms with E-state index in [9.17, 15) is 0 Å². The summed E-state index contributed by atoms with van der Waals surface area (Å²) in [6, 6.07) is 8.22. The van der Waals surface area contributed by atoms with E-state index in [2.05, 4.69) is 34.6 Å². The normalized spacial score (nSPS) is 10.6. The standard InChI is InChI=1S/C13H17N3OS2/c1-10-5-3-6-11(9-10)14-12-15-16-13(19-12)18-8-4-7-17-2/h3,5-6,9H,4,7-8H2,1-2H3,(H,14,15). The minimum Gasteiger partial charge on any atom is -0.385 e. The van der Waals surface area contributed by atoms with Gasteiger partial charge in [-0.2, -0.15) is 0 Å². The Morgan fingerprint density at radius 2 is 2.26 bits per heavy atom. The van der Waals surface area contributed by atoms with E-state index in [1.165, 1.54) is 5.56 Å².